The highest BCUT2D eigenvalue weighted by Gasteiger charge is 2.27. The minimum Gasteiger partial charge on any atom is -0.366 e. The van der Waals surface area contributed by atoms with E-state index in [9.17, 15) is 0 Å². The van der Waals surface area contributed by atoms with Crippen LogP contribution in [0.4, 0.5) is 11.6 Å². The molecule has 0 aromatic carbocycles. The molecule has 106 valence electrons. The highest BCUT2D eigenvalue weighted by Crippen LogP contribution is 2.31. The number of rotatable bonds is 5. The van der Waals surface area contributed by atoms with Crippen molar-refractivity contribution in [1.82, 2.24) is 9.97 Å². The molecule has 1 aliphatic carbocycles. The molecular weight excluding hydrogens is 258 g/mol. The van der Waals surface area contributed by atoms with Gasteiger partial charge in [0.1, 0.15) is 17.5 Å². The second kappa shape index (κ2) is 6.43. The van der Waals surface area contributed by atoms with Gasteiger partial charge < -0.3 is 10.7 Å². The van der Waals surface area contributed by atoms with Gasteiger partial charge in [-0.15, -0.1) is 0 Å². The topological polar surface area (TPSA) is 75.9 Å². The Morgan fingerprint density at radius 1 is 1.32 bits per heavy atom. The van der Waals surface area contributed by atoms with Crippen molar-refractivity contribution in [3.05, 3.63) is 11.4 Å². The number of hydrazine groups is 1. The number of thioether (sulfide) groups is 1. The van der Waals surface area contributed by atoms with E-state index in [1.54, 1.807) is 0 Å². The van der Waals surface area contributed by atoms with Gasteiger partial charge in [-0.3, -0.25) is 0 Å². The monoisotopic (exact) mass is 281 g/mol. The molecule has 5 nitrogen and oxygen atoms in total. The van der Waals surface area contributed by atoms with Gasteiger partial charge in [-0.1, -0.05) is 13.3 Å². The summed E-state index contributed by atoms with van der Waals surface area (Å²) in [6.07, 6.45) is 6.77. The van der Waals surface area contributed by atoms with Crippen molar-refractivity contribution in [1.29, 1.82) is 0 Å². The summed E-state index contributed by atoms with van der Waals surface area (Å²) in [6.45, 7) is 4.05. The smallest absolute Gasteiger partial charge is 0.148 e. The number of nitrogens with zero attached hydrogens (tertiary/aromatic N) is 2. The summed E-state index contributed by atoms with van der Waals surface area (Å²) in [5.74, 6) is 7.99. The van der Waals surface area contributed by atoms with E-state index in [0.717, 1.165) is 23.6 Å². The molecule has 1 saturated carbocycles. The molecule has 1 aliphatic rings. The van der Waals surface area contributed by atoms with Crippen LogP contribution in [0.1, 0.15) is 37.6 Å². The van der Waals surface area contributed by atoms with E-state index in [0.29, 0.717) is 17.1 Å². The Morgan fingerprint density at radius 3 is 2.68 bits per heavy atom. The largest absolute Gasteiger partial charge is 0.366 e. The van der Waals surface area contributed by atoms with Crippen LogP contribution in [0.3, 0.4) is 0 Å². The Balaban J connectivity index is 2.23. The van der Waals surface area contributed by atoms with Crippen LogP contribution in [0.5, 0.6) is 0 Å². The summed E-state index contributed by atoms with van der Waals surface area (Å²) in [7, 11) is 0. The zero-order valence-corrected chi connectivity index (χ0v) is 12.7. The molecule has 0 aliphatic heterocycles. The van der Waals surface area contributed by atoms with Gasteiger partial charge in [0.15, 0.2) is 0 Å². The quantitative estimate of drug-likeness (QED) is 0.568. The predicted molar refractivity (Wildman–Crippen MR) is 82.5 cm³/mol. The molecule has 1 aromatic rings. The Kier molecular flexibility index (Phi) is 4.87. The zero-order valence-electron chi connectivity index (χ0n) is 11.9. The Bertz CT molecular complexity index is 437. The molecule has 2 rings (SSSR count). The van der Waals surface area contributed by atoms with E-state index in [1.807, 2.05) is 18.7 Å². The normalized spacial score (nSPS) is 22.5. The minimum atomic E-state index is 0.499. The number of aromatic nitrogens is 2. The zero-order chi connectivity index (χ0) is 13.8. The summed E-state index contributed by atoms with van der Waals surface area (Å²) in [6, 6.07) is 0.499. The van der Waals surface area contributed by atoms with E-state index in [2.05, 4.69) is 33.9 Å². The van der Waals surface area contributed by atoms with Gasteiger partial charge in [-0.2, -0.15) is 11.8 Å². The highest BCUT2D eigenvalue weighted by molar-refractivity contribution is 7.99. The number of hydrogen-bond donors (Lipinski definition) is 3. The van der Waals surface area contributed by atoms with E-state index < -0.39 is 0 Å². The van der Waals surface area contributed by atoms with Crippen LogP contribution in [-0.4, -0.2) is 27.5 Å². The van der Waals surface area contributed by atoms with Gasteiger partial charge in [0, 0.05) is 23.3 Å². The minimum absolute atomic E-state index is 0.499. The van der Waals surface area contributed by atoms with Crippen molar-refractivity contribution >= 4 is 23.4 Å². The molecule has 6 heteroatoms. The first-order valence-corrected chi connectivity index (χ1v) is 8.11. The van der Waals surface area contributed by atoms with Crippen LogP contribution in [-0.2, 0) is 6.42 Å². The average molecular weight is 281 g/mol. The van der Waals surface area contributed by atoms with E-state index in [-0.39, 0.29) is 0 Å². The number of nitrogens with two attached hydrogens (primary N) is 1. The molecule has 0 radical (unpaired) electrons. The Hall–Kier alpha value is -1.01. The predicted octanol–water partition coefficient (Wildman–Crippen LogP) is 2.33. The molecule has 1 fully saturated rings. The number of anilines is 2. The van der Waals surface area contributed by atoms with Crippen molar-refractivity contribution in [2.75, 3.05) is 17.0 Å². The highest BCUT2D eigenvalue weighted by atomic mass is 32.2. The number of nitrogen functional groups attached to an aromatic ring is 1. The second-order valence-corrected chi connectivity index (χ2v) is 5.99. The third-order valence-electron chi connectivity index (χ3n) is 3.72. The maximum absolute atomic E-state index is 5.53. The average Bonchev–Trinajstić information content (AvgIpc) is 2.88. The summed E-state index contributed by atoms with van der Waals surface area (Å²) in [4.78, 5) is 9.00. The van der Waals surface area contributed by atoms with Crippen LogP contribution >= 0.6 is 11.8 Å². The first-order chi connectivity index (χ1) is 9.19. The summed E-state index contributed by atoms with van der Waals surface area (Å²) >= 11 is 1.94. The maximum atomic E-state index is 5.53. The molecule has 0 saturated heterocycles. The van der Waals surface area contributed by atoms with Gasteiger partial charge in [0.05, 0.1) is 0 Å². The first-order valence-electron chi connectivity index (χ1n) is 6.83. The lowest BCUT2D eigenvalue weighted by Gasteiger charge is -2.22. The van der Waals surface area contributed by atoms with Gasteiger partial charge in [0.2, 0.25) is 0 Å². The van der Waals surface area contributed by atoms with Crippen LogP contribution in [0.15, 0.2) is 0 Å². The third kappa shape index (κ3) is 3.12. The first kappa shape index (κ1) is 14.4. The van der Waals surface area contributed by atoms with Crippen molar-refractivity contribution in [2.24, 2.45) is 5.84 Å². The fraction of sp³-hybridized carbons (Fsp3) is 0.692. The van der Waals surface area contributed by atoms with E-state index >= 15 is 0 Å². The SMILES string of the molecule is CCc1nc(NN)c(C)c(NC2CCCC2SC)n1. The summed E-state index contributed by atoms with van der Waals surface area (Å²) < 4.78 is 0. The second-order valence-electron chi connectivity index (χ2n) is 4.92. The van der Waals surface area contributed by atoms with Crippen molar-refractivity contribution in [2.45, 2.75) is 50.8 Å². The molecule has 2 atom stereocenters. The van der Waals surface area contributed by atoms with Crippen molar-refractivity contribution in [3.8, 4) is 0 Å². The molecule has 0 bridgehead atoms. The molecule has 0 amide bonds. The van der Waals surface area contributed by atoms with Crippen LogP contribution < -0.4 is 16.6 Å². The fourth-order valence-electron chi connectivity index (χ4n) is 2.55. The molecule has 1 aromatic heterocycles. The fourth-order valence-corrected chi connectivity index (χ4v) is 3.49. The van der Waals surface area contributed by atoms with Crippen molar-refractivity contribution in [3.63, 3.8) is 0 Å². The number of nitrogens with one attached hydrogen (secondary N) is 2. The molecule has 1 heterocycles. The summed E-state index contributed by atoms with van der Waals surface area (Å²) in [5, 5.41) is 4.27. The maximum Gasteiger partial charge on any atom is 0.148 e. The summed E-state index contributed by atoms with van der Waals surface area (Å²) in [5.41, 5.74) is 3.66. The molecule has 19 heavy (non-hydrogen) atoms. The van der Waals surface area contributed by atoms with Gasteiger partial charge in [-0.05, 0) is 26.0 Å². The Labute approximate surface area is 119 Å². The third-order valence-corrected chi connectivity index (χ3v) is 4.89. The van der Waals surface area contributed by atoms with Crippen LogP contribution in [0, 0.1) is 6.92 Å². The van der Waals surface area contributed by atoms with Crippen molar-refractivity contribution < 1.29 is 0 Å². The van der Waals surface area contributed by atoms with E-state index in [1.165, 1.54) is 19.3 Å². The van der Waals surface area contributed by atoms with Crippen LogP contribution in [0.25, 0.3) is 0 Å². The van der Waals surface area contributed by atoms with E-state index in [4.69, 9.17) is 5.84 Å². The molecule has 0 spiro atoms. The van der Waals surface area contributed by atoms with Gasteiger partial charge >= 0.3 is 0 Å². The van der Waals surface area contributed by atoms with Crippen LogP contribution in [0.2, 0.25) is 0 Å². The lowest BCUT2D eigenvalue weighted by molar-refractivity contribution is 0.757. The molecular formula is C13H23N5S. The lowest BCUT2D eigenvalue weighted by atomic mass is 10.2. The lowest BCUT2D eigenvalue weighted by Crippen LogP contribution is -2.27. The molecule has 4 N–H and O–H groups in total. The number of hydrogen-bond acceptors (Lipinski definition) is 6. The van der Waals surface area contributed by atoms with Gasteiger partial charge in [0.25, 0.3) is 0 Å². The number of aryl methyl sites for hydroxylation is 1. The standard InChI is InChI=1S/C13H23N5S/c1-4-11-16-12(8(2)13(17-11)18-14)15-9-6-5-7-10(9)19-3/h9-10H,4-7,14H2,1-3H3,(H2,15,16,17,18). The molecule has 2 unspecified atom stereocenters. The Morgan fingerprint density at radius 2 is 2.05 bits per heavy atom. The van der Waals surface area contributed by atoms with Gasteiger partial charge in [-0.25, -0.2) is 15.8 Å².